The van der Waals surface area contributed by atoms with Gasteiger partial charge >= 0.3 is 12.2 Å². The molecule has 1 aromatic heterocycles. The summed E-state index contributed by atoms with van der Waals surface area (Å²) in [5.74, 6) is -0.105. The quantitative estimate of drug-likeness (QED) is 0.202. The van der Waals surface area contributed by atoms with Crippen molar-refractivity contribution in [2.75, 3.05) is 24.4 Å². The molecular formula is C29H43N5O6Si. The first-order valence-corrected chi connectivity index (χ1v) is 17.5. The number of alkyl carbamates (subject to hydrolysis) is 1. The van der Waals surface area contributed by atoms with E-state index in [1.165, 1.54) is 7.11 Å². The Morgan fingerprint density at radius 1 is 1.20 bits per heavy atom. The molecule has 12 heteroatoms. The van der Waals surface area contributed by atoms with Crippen LogP contribution in [0.25, 0.3) is 11.3 Å². The normalized spacial score (nSPS) is 17.4. The summed E-state index contributed by atoms with van der Waals surface area (Å²) in [6, 6.07) is 5.60. The molecular weight excluding hydrogens is 542 g/mol. The van der Waals surface area contributed by atoms with Crippen molar-refractivity contribution in [3.63, 3.8) is 0 Å². The number of ether oxygens (including phenoxy) is 3. The highest BCUT2D eigenvalue weighted by Gasteiger charge is 2.26. The summed E-state index contributed by atoms with van der Waals surface area (Å²) in [5, 5.41) is 8.56. The average Bonchev–Trinajstić information content (AvgIpc) is 3.27. The predicted molar refractivity (Wildman–Crippen MR) is 161 cm³/mol. The molecule has 11 nitrogen and oxygen atoms in total. The van der Waals surface area contributed by atoms with Gasteiger partial charge < -0.3 is 29.4 Å². The molecule has 0 unspecified atom stereocenters. The molecule has 0 fully saturated rings. The molecule has 41 heavy (non-hydrogen) atoms. The first-order chi connectivity index (χ1) is 19.1. The van der Waals surface area contributed by atoms with Crippen molar-refractivity contribution in [2.24, 2.45) is 5.92 Å². The topological polar surface area (TPSA) is 133 Å². The van der Waals surface area contributed by atoms with Gasteiger partial charge in [0.1, 0.15) is 18.2 Å². The number of amides is 3. The van der Waals surface area contributed by atoms with Crippen molar-refractivity contribution in [2.45, 2.75) is 78.2 Å². The highest BCUT2D eigenvalue weighted by atomic mass is 28.3. The fraction of sp³-hybridized carbons (Fsp3) is 0.517. The summed E-state index contributed by atoms with van der Waals surface area (Å²) in [6.07, 6.45) is 4.68. The molecule has 2 aromatic rings. The fourth-order valence-corrected chi connectivity index (χ4v) is 4.79. The summed E-state index contributed by atoms with van der Waals surface area (Å²) in [5.41, 5.74) is 1.46. The maximum atomic E-state index is 13.1. The molecule has 0 saturated carbocycles. The van der Waals surface area contributed by atoms with Gasteiger partial charge in [0.25, 0.3) is 0 Å². The van der Waals surface area contributed by atoms with Crippen LogP contribution in [-0.4, -0.2) is 55.0 Å². The van der Waals surface area contributed by atoms with Crippen LogP contribution in [0.2, 0.25) is 25.7 Å². The molecule has 1 aliphatic heterocycles. The summed E-state index contributed by atoms with van der Waals surface area (Å²) in [6.45, 7) is 14.9. The summed E-state index contributed by atoms with van der Waals surface area (Å²) in [7, 11) is -0.0125. The van der Waals surface area contributed by atoms with Crippen molar-refractivity contribution in [3.8, 4) is 11.3 Å². The molecule has 1 aromatic carbocycles. The molecule has 3 amide bonds. The van der Waals surface area contributed by atoms with Crippen LogP contribution in [0.1, 0.15) is 46.0 Å². The van der Waals surface area contributed by atoms with Gasteiger partial charge in [-0.05, 0) is 51.4 Å². The minimum Gasteiger partial charge on any atom is -0.453 e. The third kappa shape index (κ3) is 9.75. The molecule has 2 heterocycles. The third-order valence-corrected chi connectivity index (χ3v) is 7.94. The van der Waals surface area contributed by atoms with Gasteiger partial charge in [-0.25, -0.2) is 14.6 Å². The van der Waals surface area contributed by atoms with Crippen molar-refractivity contribution in [1.82, 2.24) is 14.9 Å². The van der Waals surface area contributed by atoms with Gasteiger partial charge in [-0.15, -0.1) is 0 Å². The van der Waals surface area contributed by atoms with Crippen LogP contribution in [0, 0.1) is 5.92 Å². The number of methoxy groups -OCH3 is 1. The predicted octanol–water partition coefficient (Wildman–Crippen LogP) is 6.14. The van der Waals surface area contributed by atoms with Crippen LogP contribution >= 0.6 is 0 Å². The van der Waals surface area contributed by atoms with Gasteiger partial charge in [0.05, 0.1) is 30.5 Å². The maximum Gasteiger partial charge on any atom is 0.411 e. The molecule has 0 spiro atoms. The number of nitrogens with zero attached hydrogens (tertiary/aromatic N) is 2. The van der Waals surface area contributed by atoms with Crippen LogP contribution in [0.5, 0.6) is 0 Å². The minimum absolute atomic E-state index is 0.232. The van der Waals surface area contributed by atoms with E-state index >= 15 is 0 Å². The van der Waals surface area contributed by atoms with E-state index in [0.717, 1.165) is 6.04 Å². The lowest BCUT2D eigenvalue weighted by Gasteiger charge is -2.24. The Hall–Kier alpha value is -3.64. The number of carbonyl (C=O) groups is 3. The molecule has 1 aliphatic rings. The van der Waals surface area contributed by atoms with Gasteiger partial charge in [0.2, 0.25) is 5.91 Å². The van der Waals surface area contributed by atoms with E-state index < -0.39 is 37.8 Å². The lowest BCUT2D eigenvalue weighted by Crippen LogP contribution is -2.36. The number of imidazole rings is 1. The number of rotatable bonds is 7. The Labute approximate surface area is 243 Å². The molecule has 0 saturated heterocycles. The van der Waals surface area contributed by atoms with E-state index in [0.29, 0.717) is 41.5 Å². The van der Waals surface area contributed by atoms with E-state index in [4.69, 9.17) is 19.2 Å². The molecule has 224 valence electrons. The first kappa shape index (κ1) is 31.9. The lowest BCUT2D eigenvalue weighted by atomic mass is 10.1. The van der Waals surface area contributed by atoms with Crippen LogP contribution in [-0.2, 0) is 25.7 Å². The number of benzene rings is 1. The molecule has 2 atom stereocenters. The van der Waals surface area contributed by atoms with E-state index in [-0.39, 0.29) is 12.6 Å². The smallest absolute Gasteiger partial charge is 0.411 e. The molecule has 3 N–H and O–H groups in total. The van der Waals surface area contributed by atoms with Crippen molar-refractivity contribution in [3.05, 3.63) is 42.4 Å². The largest absolute Gasteiger partial charge is 0.453 e. The van der Waals surface area contributed by atoms with Crippen LogP contribution in [0.4, 0.5) is 21.0 Å². The second-order valence-electron chi connectivity index (χ2n) is 12.3. The van der Waals surface area contributed by atoms with Crippen molar-refractivity contribution >= 4 is 37.5 Å². The average molecular weight is 586 g/mol. The molecule has 3 rings (SSSR count). The van der Waals surface area contributed by atoms with Crippen LogP contribution in [0.3, 0.4) is 0 Å². The number of nitrogens with one attached hydrogen (secondary N) is 3. The summed E-state index contributed by atoms with van der Waals surface area (Å²) >= 11 is 0. The van der Waals surface area contributed by atoms with E-state index in [9.17, 15) is 14.4 Å². The van der Waals surface area contributed by atoms with Gasteiger partial charge in [-0.3, -0.25) is 10.1 Å². The standard InChI is InChI=1S/C29H43N5O6Si/c1-19-10-9-11-22(33-28(37)40-29(2,3)4)25-31-24(17-34(25)18-39-14-15-41(6,7)8)21-13-12-20(30-27(36)38-5)16-23(21)32-26(19)35/h9-10,12-13,16-17,19,22H,11,14-15,18H2,1-8H3,(H,30,36)(H,32,35)(H,33,37)/t19-,22+/m1/s1. The second-order valence-corrected chi connectivity index (χ2v) is 17.9. The molecule has 0 radical (unpaired) electrons. The van der Waals surface area contributed by atoms with Crippen molar-refractivity contribution in [1.29, 1.82) is 0 Å². The highest BCUT2D eigenvalue weighted by molar-refractivity contribution is 6.76. The SMILES string of the molecule is COC(=O)Nc1ccc2c(c1)NC(=O)[C@H](C)C=CC[C@H](NC(=O)OC(C)(C)C)c1nc-2cn1COCC[Si](C)(C)C. The highest BCUT2D eigenvalue weighted by Crippen LogP contribution is 2.33. The van der Waals surface area contributed by atoms with Gasteiger partial charge in [-0.2, -0.15) is 0 Å². The van der Waals surface area contributed by atoms with E-state index in [1.807, 2.05) is 16.8 Å². The van der Waals surface area contributed by atoms with Crippen molar-refractivity contribution < 1.29 is 28.6 Å². The molecule has 0 aliphatic carbocycles. The Bertz CT molecular complexity index is 1280. The fourth-order valence-electron chi connectivity index (χ4n) is 4.03. The number of hydrogen-bond acceptors (Lipinski definition) is 7. The summed E-state index contributed by atoms with van der Waals surface area (Å²) in [4.78, 5) is 42.6. The van der Waals surface area contributed by atoms with Gasteiger partial charge in [0.15, 0.2) is 0 Å². The first-order valence-electron chi connectivity index (χ1n) is 13.8. The lowest BCUT2D eigenvalue weighted by molar-refractivity contribution is -0.118. The minimum atomic E-state index is -1.29. The third-order valence-electron chi connectivity index (χ3n) is 6.23. The number of aromatic nitrogens is 2. The van der Waals surface area contributed by atoms with Gasteiger partial charge in [0, 0.05) is 32.1 Å². The Morgan fingerprint density at radius 2 is 1.93 bits per heavy atom. The maximum absolute atomic E-state index is 13.1. The zero-order chi connectivity index (χ0) is 30.4. The monoisotopic (exact) mass is 585 g/mol. The van der Waals surface area contributed by atoms with Crippen LogP contribution < -0.4 is 16.0 Å². The summed E-state index contributed by atoms with van der Waals surface area (Å²) < 4.78 is 18.2. The zero-order valence-electron chi connectivity index (χ0n) is 25.3. The number of hydrogen-bond donors (Lipinski definition) is 3. The van der Waals surface area contributed by atoms with Crippen LogP contribution in [0.15, 0.2) is 36.5 Å². The number of fused-ring (bicyclic) bond motifs is 4. The second kappa shape index (κ2) is 13.3. The van der Waals surface area contributed by atoms with E-state index in [2.05, 4.69) is 35.6 Å². The Kier molecular flexibility index (Phi) is 10.4. The Morgan fingerprint density at radius 3 is 2.59 bits per heavy atom. The molecule has 2 bridgehead atoms. The Balaban J connectivity index is 2.08. The zero-order valence-corrected chi connectivity index (χ0v) is 26.3. The number of anilines is 2. The van der Waals surface area contributed by atoms with E-state index in [1.54, 1.807) is 52.0 Å². The number of carbonyl (C=O) groups excluding carboxylic acids is 3. The van der Waals surface area contributed by atoms with Gasteiger partial charge in [-0.1, -0.05) is 38.7 Å².